The van der Waals surface area contributed by atoms with E-state index in [-0.39, 0.29) is 17.3 Å². The van der Waals surface area contributed by atoms with Crippen LogP contribution in [0.2, 0.25) is 5.02 Å². The molecule has 156 valence electrons. The summed E-state index contributed by atoms with van der Waals surface area (Å²) in [6.07, 6.45) is 5.40. The Labute approximate surface area is 183 Å². The van der Waals surface area contributed by atoms with Gasteiger partial charge in [-0.25, -0.2) is 4.79 Å². The highest BCUT2D eigenvalue weighted by molar-refractivity contribution is 7.99. The van der Waals surface area contributed by atoms with Crippen molar-refractivity contribution >= 4 is 29.3 Å². The number of nitrogens with one attached hydrogen (secondary N) is 1. The summed E-state index contributed by atoms with van der Waals surface area (Å²) in [5.74, 6) is 0.808. The zero-order valence-corrected chi connectivity index (χ0v) is 18.0. The lowest BCUT2D eigenvalue weighted by Crippen LogP contribution is -2.31. The van der Waals surface area contributed by atoms with Crippen LogP contribution in [0.15, 0.2) is 56.9 Å². The van der Waals surface area contributed by atoms with Crippen molar-refractivity contribution in [2.45, 2.75) is 43.8 Å². The fourth-order valence-corrected chi connectivity index (χ4v) is 4.72. The smallest absolute Gasteiger partial charge is 0.349 e. The average molecular weight is 444 g/mol. The maximum Gasteiger partial charge on any atom is 0.349 e. The lowest BCUT2D eigenvalue weighted by atomic mass is 9.97. The highest BCUT2D eigenvalue weighted by Crippen LogP contribution is 2.28. The number of amides is 1. The van der Waals surface area contributed by atoms with E-state index in [1.807, 2.05) is 30.3 Å². The Morgan fingerprint density at radius 3 is 2.83 bits per heavy atom. The minimum Gasteiger partial charge on any atom is -0.467 e. The molecule has 1 aliphatic rings. The summed E-state index contributed by atoms with van der Waals surface area (Å²) in [5, 5.41) is 4.17. The number of nitrogens with zero attached hydrogens (tertiary/aromatic N) is 2. The van der Waals surface area contributed by atoms with Crippen LogP contribution in [0.3, 0.4) is 0 Å². The molecular formula is C22H22ClN3O3S. The zero-order chi connectivity index (χ0) is 20.9. The molecule has 3 aromatic rings. The molecular weight excluding hydrogens is 422 g/mol. The number of hydrogen-bond acceptors (Lipinski definition) is 5. The molecule has 2 heterocycles. The van der Waals surface area contributed by atoms with Gasteiger partial charge >= 0.3 is 5.69 Å². The standard InChI is InChI=1S/C22H22ClN3O3S/c23-18-9-3-1-6-15(18)12-24-20(27)14-30-21-17-8-2-4-10-19(17)26(22(28)25-21)13-16-7-5-11-29-16/h1,3,5-7,9,11H,2,4,8,10,12-14H2,(H,24,27). The van der Waals surface area contributed by atoms with Crippen LogP contribution in [0.1, 0.15) is 35.4 Å². The molecule has 1 aromatic carbocycles. The van der Waals surface area contributed by atoms with Crippen molar-refractivity contribution in [3.63, 3.8) is 0 Å². The minimum absolute atomic E-state index is 0.119. The molecule has 30 heavy (non-hydrogen) atoms. The van der Waals surface area contributed by atoms with Crippen LogP contribution >= 0.6 is 23.4 Å². The third-order valence-corrected chi connectivity index (χ3v) is 6.51. The molecule has 0 bridgehead atoms. The normalized spacial score (nSPS) is 13.1. The van der Waals surface area contributed by atoms with Crippen molar-refractivity contribution in [1.29, 1.82) is 0 Å². The summed E-state index contributed by atoms with van der Waals surface area (Å²) >= 11 is 7.45. The average Bonchev–Trinajstić information content (AvgIpc) is 3.27. The first-order valence-electron chi connectivity index (χ1n) is 9.89. The first-order valence-corrected chi connectivity index (χ1v) is 11.3. The first kappa shape index (κ1) is 20.8. The third kappa shape index (κ3) is 4.79. The largest absolute Gasteiger partial charge is 0.467 e. The molecule has 0 spiro atoms. The molecule has 2 aromatic heterocycles. The van der Waals surface area contributed by atoms with Crippen molar-refractivity contribution < 1.29 is 9.21 Å². The second-order valence-electron chi connectivity index (χ2n) is 7.15. The van der Waals surface area contributed by atoms with Crippen LogP contribution < -0.4 is 11.0 Å². The number of halogens is 1. The van der Waals surface area contributed by atoms with Gasteiger partial charge in [-0.2, -0.15) is 4.98 Å². The van der Waals surface area contributed by atoms with Gasteiger partial charge in [0.2, 0.25) is 5.91 Å². The van der Waals surface area contributed by atoms with Crippen LogP contribution in [0, 0.1) is 0 Å². The van der Waals surface area contributed by atoms with Crippen molar-refractivity contribution in [2.75, 3.05) is 5.75 Å². The molecule has 1 amide bonds. The van der Waals surface area contributed by atoms with E-state index in [1.54, 1.807) is 16.9 Å². The summed E-state index contributed by atoms with van der Waals surface area (Å²) in [7, 11) is 0. The van der Waals surface area contributed by atoms with E-state index < -0.39 is 0 Å². The molecule has 0 unspecified atom stereocenters. The fraction of sp³-hybridized carbons (Fsp3) is 0.318. The van der Waals surface area contributed by atoms with Gasteiger partial charge in [0, 0.05) is 22.8 Å². The van der Waals surface area contributed by atoms with E-state index in [1.165, 1.54) is 11.8 Å². The quantitative estimate of drug-likeness (QED) is 0.443. The number of rotatable bonds is 7. The molecule has 0 aliphatic heterocycles. The molecule has 0 atom stereocenters. The van der Waals surface area contributed by atoms with Crippen molar-refractivity contribution in [1.82, 2.24) is 14.9 Å². The lowest BCUT2D eigenvalue weighted by Gasteiger charge is -2.22. The van der Waals surface area contributed by atoms with Gasteiger partial charge in [0.1, 0.15) is 10.8 Å². The Morgan fingerprint density at radius 1 is 1.20 bits per heavy atom. The minimum atomic E-state index is -0.300. The van der Waals surface area contributed by atoms with Crippen molar-refractivity contribution in [2.24, 2.45) is 0 Å². The van der Waals surface area contributed by atoms with E-state index >= 15 is 0 Å². The number of aromatic nitrogens is 2. The highest BCUT2D eigenvalue weighted by atomic mass is 35.5. The van der Waals surface area contributed by atoms with Crippen LogP contribution in [0.25, 0.3) is 0 Å². The number of thioether (sulfide) groups is 1. The van der Waals surface area contributed by atoms with Crippen LogP contribution in [-0.2, 0) is 30.7 Å². The van der Waals surface area contributed by atoms with Gasteiger partial charge in [-0.3, -0.25) is 9.36 Å². The van der Waals surface area contributed by atoms with Gasteiger partial charge in [-0.15, -0.1) is 0 Å². The number of fused-ring (bicyclic) bond motifs is 1. The van der Waals surface area contributed by atoms with Gasteiger partial charge in [0.15, 0.2) is 0 Å². The van der Waals surface area contributed by atoms with E-state index in [0.29, 0.717) is 23.1 Å². The lowest BCUT2D eigenvalue weighted by molar-refractivity contribution is -0.118. The number of hydrogen-bond donors (Lipinski definition) is 1. The number of carbonyl (C=O) groups excluding carboxylic acids is 1. The molecule has 4 rings (SSSR count). The summed E-state index contributed by atoms with van der Waals surface area (Å²) in [5.41, 5.74) is 2.66. The summed E-state index contributed by atoms with van der Waals surface area (Å²) in [4.78, 5) is 29.3. The Hall–Kier alpha value is -2.51. The number of furan rings is 1. The van der Waals surface area contributed by atoms with Gasteiger partial charge < -0.3 is 9.73 Å². The molecule has 8 heteroatoms. The molecule has 0 fully saturated rings. The molecule has 6 nitrogen and oxygen atoms in total. The molecule has 0 saturated heterocycles. The van der Waals surface area contributed by atoms with E-state index in [4.69, 9.17) is 16.0 Å². The predicted molar refractivity (Wildman–Crippen MR) is 117 cm³/mol. The first-order chi connectivity index (χ1) is 14.6. The van der Waals surface area contributed by atoms with Crippen molar-refractivity contribution in [3.05, 3.63) is 80.7 Å². The number of carbonyl (C=O) groups is 1. The van der Waals surface area contributed by atoms with Crippen LogP contribution in [0.4, 0.5) is 0 Å². The molecule has 0 saturated carbocycles. The maximum atomic E-state index is 12.7. The zero-order valence-electron chi connectivity index (χ0n) is 16.4. The highest BCUT2D eigenvalue weighted by Gasteiger charge is 2.21. The second-order valence-corrected chi connectivity index (χ2v) is 8.53. The molecule has 0 radical (unpaired) electrons. The summed E-state index contributed by atoms with van der Waals surface area (Å²) < 4.78 is 7.11. The van der Waals surface area contributed by atoms with Crippen LogP contribution in [-0.4, -0.2) is 21.2 Å². The third-order valence-electron chi connectivity index (χ3n) is 5.12. The maximum absolute atomic E-state index is 12.7. The fourth-order valence-electron chi connectivity index (χ4n) is 3.61. The predicted octanol–water partition coefficient (Wildman–Crippen LogP) is 3.83. The van der Waals surface area contributed by atoms with Gasteiger partial charge in [-0.1, -0.05) is 41.6 Å². The van der Waals surface area contributed by atoms with Gasteiger partial charge in [-0.05, 0) is 49.4 Å². The van der Waals surface area contributed by atoms with Crippen molar-refractivity contribution in [3.8, 4) is 0 Å². The SMILES string of the molecule is O=C(CSc1nc(=O)n(Cc2ccco2)c2c1CCCC2)NCc1ccccc1Cl. The van der Waals surface area contributed by atoms with E-state index in [9.17, 15) is 9.59 Å². The van der Waals surface area contributed by atoms with Gasteiger partial charge in [0.05, 0.1) is 18.6 Å². The Balaban J connectivity index is 1.46. The molecule has 1 aliphatic carbocycles. The Bertz CT molecular complexity index is 1100. The number of benzene rings is 1. The van der Waals surface area contributed by atoms with Gasteiger partial charge in [0.25, 0.3) is 0 Å². The Kier molecular flexibility index (Phi) is 6.59. The van der Waals surface area contributed by atoms with Crippen LogP contribution in [0.5, 0.6) is 0 Å². The topological polar surface area (TPSA) is 77.1 Å². The summed E-state index contributed by atoms with van der Waals surface area (Å²) in [6.45, 7) is 0.750. The second kappa shape index (κ2) is 9.53. The van der Waals surface area contributed by atoms with E-state index in [0.717, 1.165) is 48.3 Å². The monoisotopic (exact) mass is 443 g/mol. The summed E-state index contributed by atoms with van der Waals surface area (Å²) in [6, 6.07) is 11.1. The molecule has 1 N–H and O–H groups in total. The Morgan fingerprint density at radius 2 is 2.03 bits per heavy atom. The van der Waals surface area contributed by atoms with E-state index in [2.05, 4.69) is 10.3 Å².